The molecule has 0 aromatic heterocycles. The van der Waals surface area contributed by atoms with Crippen LogP contribution in [0.1, 0.15) is 12.8 Å². The zero-order valence-electron chi connectivity index (χ0n) is 7.06. The molecule has 4 nitrogen and oxygen atoms in total. The van der Waals surface area contributed by atoms with E-state index in [0.29, 0.717) is 5.92 Å². The maximum absolute atomic E-state index is 11.4. The molecule has 5 atom stereocenters. The fourth-order valence-electron chi connectivity index (χ4n) is 3.52. The largest absolute Gasteiger partial charge is 0.481 e. The van der Waals surface area contributed by atoms with Crippen LogP contribution in [-0.2, 0) is 9.59 Å². The van der Waals surface area contributed by atoms with E-state index in [2.05, 4.69) is 5.32 Å². The highest BCUT2D eigenvalue weighted by Crippen LogP contribution is 2.55. The Hall–Kier alpha value is -1.06. The number of rotatable bonds is 1. The lowest BCUT2D eigenvalue weighted by Crippen LogP contribution is -2.31. The number of carbonyl (C=O) groups excluding carboxylic acids is 1. The first-order valence-electron chi connectivity index (χ1n) is 4.71. The lowest BCUT2D eigenvalue weighted by molar-refractivity contribution is -0.147. The van der Waals surface area contributed by atoms with Crippen LogP contribution in [0.3, 0.4) is 0 Å². The molecule has 2 aliphatic carbocycles. The summed E-state index contributed by atoms with van der Waals surface area (Å²) in [5.41, 5.74) is 0. The normalized spacial score (nSPS) is 51.1. The third-order valence-corrected chi connectivity index (χ3v) is 3.92. The fourth-order valence-corrected chi connectivity index (χ4v) is 3.52. The van der Waals surface area contributed by atoms with Crippen LogP contribution in [-0.4, -0.2) is 23.0 Å². The first kappa shape index (κ1) is 7.35. The van der Waals surface area contributed by atoms with Gasteiger partial charge in [0.25, 0.3) is 0 Å². The second-order valence-electron chi connectivity index (χ2n) is 4.40. The minimum Gasteiger partial charge on any atom is -0.481 e. The van der Waals surface area contributed by atoms with E-state index in [-0.39, 0.29) is 23.8 Å². The van der Waals surface area contributed by atoms with Crippen molar-refractivity contribution in [2.24, 2.45) is 23.7 Å². The Morgan fingerprint density at radius 3 is 2.92 bits per heavy atom. The van der Waals surface area contributed by atoms with Crippen LogP contribution in [0.25, 0.3) is 0 Å². The molecular weight excluding hydrogens is 170 g/mol. The van der Waals surface area contributed by atoms with Gasteiger partial charge in [-0.05, 0) is 24.7 Å². The molecule has 1 amide bonds. The number of carboxylic acid groups (broad SMARTS) is 1. The Balaban J connectivity index is 2.01. The van der Waals surface area contributed by atoms with E-state index in [4.69, 9.17) is 5.11 Å². The Bertz CT molecular complexity index is 299. The third kappa shape index (κ3) is 0.716. The van der Waals surface area contributed by atoms with E-state index in [1.54, 1.807) is 0 Å². The van der Waals surface area contributed by atoms with Gasteiger partial charge in [0.05, 0.1) is 11.8 Å². The number of fused-ring (bicyclic) bond motifs is 1. The average molecular weight is 181 g/mol. The van der Waals surface area contributed by atoms with E-state index in [9.17, 15) is 9.59 Å². The quantitative estimate of drug-likeness (QED) is 0.590. The summed E-state index contributed by atoms with van der Waals surface area (Å²) in [6, 6.07) is 0.290. The molecule has 70 valence electrons. The van der Waals surface area contributed by atoms with E-state index < -0.39 is 11.9 Å². The summed E-state index contributed by atoms with van der Waals surface area (Å²) in [5, 5.41) is 11.9. The van der Waals surface area contributed by atoms with E-state index in [0.717, 1.165) is 12.8 Å². The minimum atomic E-state index is -0.784. The summed E-state index contributed by atoms with van der Waals surface area (Å²) < 4.78 is 0. The highest BCUT2D eigenvalue weighted by molar-refractivity contribution is 5.89. The Morgan fingerprint density at radius 1 is 1.46 bits per heavy atom. The Kier molecular flexibility index (Phi) is 1.16. The SMILES string of the molecule is O=C(O)[C@H]1[C@H]2C[C@@H]3[C@@H]1C(=O)N[C@H]3C2. The van der Waals surface area contributed by atoms with Crippen LogP contribution in [0.15, 0.2) is 0 Å². The van der Waals surface area contributed by atoms with Crippen molar-refractivity contribution in [3.63, 3.8) is 0 Å². The minimum absolute atomic E-state index is 0.0256. The number of hydrogen-bond acceptors (Lipinski definition) is 2. The smallest absolute Gasteiger partial charge is 0.307 e. The second-order valence-corrected chi connectivity index (χ2v) is 4.40. The molecule has 2 N–H and O–H groups in total. The Labute approximate surface area is 75.3 Å². The number of aliphatic carboxylic acids is 1. The molecule has 1 saturated heterocycles. The van der Waals surface area contributed by atoms with Crippen LogP contribution in [0, 0.1) is 23.7 Å². The van der Waals surface area contributed by atoms with Crippen LogP contribution >= 0.6 is 0 Å². The third-order valence-electron chi connectivity index (χ3n) is 3.92. The standard InChI is InChI=1S/C9H11NO3/c11-8-7-4-1-3(2-5(4)10-8)6(7)9(12)13/h3-7H,1-2H2,(H,10,11)(H,12,13)/t3-,4-,5-,6-,7-/m0/s1. The summed E-state index contributed by atoms with van der Waals surface area (Å²) in [6.07, 6.45) is 1.81. The van der Waals surface area contributed by atoms with E-state index in [1.807, 2.05) is 0 Å². The maximum Gasteiger partial charge on any atom is 0.307 e. The lowest BCUT2D eigenvalue weighted by Gasteiger charge is -2.21. The molecule has 2 saturated carbocycles. The summed E-state index contributed by atoms with van der Waals surface area (Å²) in [4.78, 5) is 22.4. The predicted octanol–water partition coefficient (Wildman–Crippen LogP) is -0.158. The number of nitrogens with one attached hydrogen (secondary N) is 1. The fraction of sp³-hybridized carbons (Fsp3) is 0.778. The van der Waals surface area contributed by atoms with Gasteiger partial charge in [-0.1, -0.05) is 0 Å². The van der Waals surface area contributed by atoms with Crippen LogP contribution in [0.5, 0.6) is 0 Å². The van der Waals surface area contributed by atoms with Gasteiger partial charge in [-0.25, -0.2) is 0 Å². The molecule has 13 heavy (non-hydrogen) atoms. The molecule has 2 bridgehead atoms. The molecule has 0 radical (unpaired) electrons. The summed E-state index contributed by atoms with van der Waals surface area (Å²) in [6.45, 7) is 0. The van der Waals surface area contributed by atoms with Crippen LogP contribution in [0.4, 0.5) is 0 Å². The molecule has 3 fully saturated rings. The number of carboxylic acids is 1. The van der Waals surface area contributed by atoms with Gasteiger partial charge in [0.15, 0.2) is 0 Å². The van der Waals surface area contributed by atoms with Gasteiger partial charge in [0, 0.05) is 6.04 Å². The molecule has 0 unspecified atom stereocenters. The van der Waals surface area contributed by atoms with Crippen molar-refractivity contribution >= 4 is 11.9 Å². The van der Waals surface area contributed by atoms with Gasteiger partial charge in [-0.15, -0.1) is 0 Å². The number of carbonyl (C=O) groups is 2. The lowest BCUT2D eigenvalue weighted by atomic mass is 9.80. The van der Waals surface area contributed by atoms with Crippen LogP contribution < -0.4 is 5.32 Å². The number of hydrogen-bond donors (Lipinski definition) is 2. The van der Waals surface area contributed by atoms with Crippen molar-refractivity contribution in [3.05, 3.63) is 0 Å². The first-order chi connectivity index (χ1) is 6.18. The van der Waals surface area contributed by atoms with Gasteiger partial charge in [-0.2, -0.15) is 0 Å². The zero-order chi connectivity index (χ0) is 9.16. The van der Waals surface area contributed by atoms with Gasteiger partial charge in [0.1, 0.15) is 0 Å². The van der Waals surface area contributed by atoms with Crippen molar-refractivity contribution in [1.29, 1.82) is 0 Å². The summed E-state index contributed by atoms with van der Waals surface area (Å²) >= 11 is 0. The summed E-state index contributed by atoms with van der Waals surface area (Å²) in [7, 11) is 0. The van der Waals surface area contributed by atoms with Gasteiger partial charge < -0.3 is 10.4 Å². The molecule has 0 aromatic carbocycles. The van der Waals surface area contributed by atoms with Crippen molar-refractivity contribution in [2.75, 3.05) is 0 Å². The zero-order valence-corrected chi connectivity index (χ0v) is 7.06. The van der Waals surface area contributed by atoms with Gasteiger partial charge >= 0.3 is 5.97 Å². The molecule has 0 spiro atoms. The highest BCUT2D eigenvalue weighted by Gasteiger charge is 2.62. The maximum atomic E-state index is 11.4. The Morgan fingerprint density at radius 2 is 2.23 bits per heavy atom. The van der Waals surface area contributed by atoms with E-state index in [1.165, 1.54) is 0 Å². The van der Waals surface area contributed by atoms with E-state index >= 15 is 0 Å². The molecule has 1 heterocycles. The summed E-state index contributed by atoms with van der Waals surface area (Å²) in [5.74, 6) is -0.865. The first-order valence-corrected chi connectivity index (χ1v) is 4.71. The second kappa shape index (κ2) is 2.05. The van der Waals surface area contributed by atoms with Crippen molar-refractivity contribution in [3.8, 4) is 0 Å². The van der Waals surface area contributed by atoms with Crippen molar-refractivity contribution in [2.45, 2.75) is 18.9 Å². The number of amides is 1. The molecular formula is C9H11NO3. The molecule has 0 aromatic rings. The molecule has 1 aliphatic heterocycles. The van der Waals surface area contributed by atoms with Crippen molar-refractivity contribution < 1.29 is 14.7 Å². The van der Waals surface area contributed by atoms with Crippen molar-refractivity contribution in [1.82, 2.24) is 5.32 Å². The molecule has 3 rings (SSSR count). The van der Waals surface area contributed by atoms with Gasteiger partial charge in [0.2, 0.25) is 5.91 Å². The van der Waals surface area contributed by atoms with Gasteiger partial charge in [-0.3, -0.25) is 9.59 Å². The molecule has 3 aliphatic rings. The monoisotopic (exact) mass is 181 g/mol. The molecule has 4 heteroatoms. The topological polar surface area (TPSA) is 66.4 Å². The predicted molar refractivity (Wildman–Crippen MR) is 42.8 cm³/mol. The average Bonchev–Trinajstić information content (AvgIpc) is 2.60. The van der Waals surface area contributed by atoms with Crippen LogP contribution in [0.2, 0.25) is 0 Å². The highest BCUT2D eigenvalue weighted by atomic mass is 16.4.